The maximum absolute atomic E-state index is 10.3. The predicted molar refractivity (Wildman–Crippen MR) is 102 cm³/mol. The van der Waals surface area contributed by atoms with Gasteiger partial charge in [-0.05, 0) is 57.5 Å². The van der Waals surface area contributed by atoms with Crippen molar-refractivity contribution >= 4 is 26.8 Å². The maximum atomic E-state index is 10.3. The summed E-state index contributed by atoms with van der Waals surface area (Å²) in [6.07, 6.45) is 4.34. The molecule has 1 fully saturated rings. The van der Waals surface area contributed by atoms with Crippen molar-refractivity contribution in [2.45, 2.75) is 32.7 Å². The fourth-order valence-electron chi connectivity index (χ4n) is 3.59. The van der Waals surface area contributed by atoms with Crippen LogP contribution in [0.4, 0.5) is 5.13 Å². The van der Waals surface area contributed by atoms with Gasteiger partial charge in [0.05, 0.1) is 10.9 Å². The lowest BCUT2D eigenvalue weighted by Gasteiger charge is -2.29. The van der Waals surface area contributed by atoms with Crippen molar-refractivity contribution in [1.82, 2.24) is 19.7 Å². The van der Waals surface area contributed by atoms with Crippen LogP contribution in [0.25, 0.3) is 16.0 Å². The SMILES string of the molecule is Cc1cc(C)c(-n2cc3sc(NC4CCCN(C)C4)nc3n2)c(O)c1. The molecule has 132 valence electrons. The summed E-state index contributed by atoms with van der Waals surface area (Å²) >= 11 is 1.62. The monoisotopic (exact) mass is 357 g/mol. The second kappa shape index (κ2) is 6.31. The van der Waals surface area contributed by atoms with Crippen LogP contribution >= 0.6 is 11.3 Å². The minimum absolute atomic E-state index is 0.247. The molecule has 0 saturated carbocycles. The Morgan fingerprint density at radius 2 is 2.16 bits per heavy atom. The minimum Gasteiger partial charge on any atom is -0.506 e. The first-order valence-corrected chi connectivity index (χ1v) is 9.43. The van der Waals surface area contributed by atoms with Gasteiger partial charge in [-0.2, -0.15) is 4.98 Å². The van der Waals surface area contributed by atoms with Crippen LogP contribution in [0.1, 0.15) is 24.0 Å². The van der Waals surface area contributed by atoms with E-state index in [1.165, 1.54) is 19.4 Å². The van der Waals surface area contributed by atoms with Crippen LogP contribution in [-0.2, 0) is 0 Å². The van der Waals surface area contributed by atoms with E-state index < -0.39 is 0 Å². The number of benzene rings is 1. The van der Waals surface area contributed by atoms with Crippen LogP contribution < -0.4 is 5.32 Å². The number of aryl methyl sites for hydroxylation is 2. The quantitative estimate of drug-likeness (QED) is 0.753. The van der Waals surface area contributed by atoms with E-state index in [1.807, 2.05) is 26.1 Å². The molecule has 1 aromatic carbocycles. The third-order valence-electron chi connectivity index (χ3n) is 4.68. The first-order valence-electron chi connectivity index (χ1n) is 8.61. The van der Waals surface area contributed by atoms with Crippen LogP contribution in [0.2, 0.25) is 0 Å². The summed E-state index contributed by atoms with van der Waals surface area (Å²) in [4.78, 5) is 6.98. The number of nitrogens with one attached hydrogen (secondary N) is 1. The van der Waals surface area contributed by atoms with Gasteiger partial charge in [-0.1, -0.05) is 17.4 Å². The third-order valence-corrected chi connectivity index (χ3v) is 5.59. The Kier molecular flexibility index (Phi) is 4.13. The highest BCUT2D eigenvalue weighted by molar-refractivity contribution is 7.22. The van der Waals surface area contributed by atoms with Crippen LogP contribution in [0.5, 0.6) is 5.75 Å². The number of likely N-dealkylation sites (N-methyl/N-ethyl adjacent to an activating group) is 1. The molecule has 1 aliphatic rings. The highest BCUT2D eigenvalue weighted by Gasteiger charge is 2.19. The Morgan fingerprint density at radius 1 is 1.32 bits per heavy atom. The van der Waals surface area contributed by atoms with Gasteiger partial charge in [-0.15, -0.1) is 5.10 Å². The Labute approximate surface area is 151 Å². The maximum Gasteiger partial charge on any atom is 0.194 e. The lowest BCUT2D eigenvalue weighted by molar-refractivity contribution is 0.261. The molecular weight excluding hydrogens is 334 g/mol. The zero-order valence-electron chi connectivity index (χ0n) is 14.8. The summed E-state index contributed by atoms with van der Waals surface area (Å²) in [5, 5.41) is 19.3. The molecule has 1 saturated heterocycles. The zero-order valence-corrected chi connectivity index (χ0v) is 15.6. The molecule has 6 nitrogen and oxygen atoms in total. The van der Waals surface area contributed by atoms with Crippen molar-refractivity contribution < 1.29 is 5.11 Å². The number of nitrogens with zero attached hydrogens (tertiary/aromatic N) is 4. The molecule has 7 heteroatoms. The zero-order chi connectivity index (χ0) is 17.6. The second-order valence-electron chi connectivity index (χ2n) is 6.98. The molecule has 1 unspecified atom stereocenters. The summed E-state index contributed by atoms with van der Waals surface area (Å²) in [7, 11) is 2.16. The van der Waals surface area contributed by atoms with E-state index in [-0.39, 0.29) is 5.75 Å². The molecule has 1 atom stereocenters. The van der Waals surface area contributed by atoms with Crippen LogP contribution in [0.15, 0.2) is 18.3 Å². The second-order valence-corrected chi connectivity index (χ2v) is 8.01. The van der Waals surface area contributed by atoms with E-state index in [4.69, 9.17) is 0 Å². The molecule has 0 aliphatic carbocycles. The topological polar surface area (TPSA) is 66.2 Å². The molecule has 0 amide bonds. The van der Waals surface area contributed by atoms with Crippen LogP contribution in [-0.4, -0.2) is 50.9 Å². The first kappa shape index (κ1) is 16.4. The van der Waals surface area contributed by atoms with E-state index >= 15 is 0 Å². The van der Waals surface area contributed by atoms with Gasteiger partial charge in [0, 0.05) is 12.6 Å². The standard InChI is InChI=1S/C18H23N5OS/c1-11-7-12(2)16(14(24)8-11)23-10-15-17(21-23)20-18(25-15)19-13-5-4-6-22(3)9-13/h7-8,10,13,24H,4-6,9H2,1-3H3,(H,19,20,21). The Morgan fingerprint density at radius 3 is 2.88 bits per heavy atom. The van der Waals surface area contributed by atoms with E-state index in [9.17, 15) is 5.11 Å². The van der Waals surface area contributed by atoms with E-state index in [2.05, 4.69) is 27.3 Å². The molecular formula is C18H23N5OS. The van der Waals surface area contributed by atoms with Gasteiger partial charge in [0.25, 0.3) is 0 Å². The number of phenols is 1. The first-order chi connectivity index (χ1) is 12.0. The number of aromatic nitrogens is 3. The molecule has 0 bridgehead atoms. The Bertz CT molecular complexity index is 861. The number of thiazole rings is 1. The van der Waals surface area contributed by atoms with Crippen LogP contribution in [0.3, 0.4) is 0 Å². The van der Waals surface area contributed by atoms with Gasteiger partial charge in [-0.25, -0.2) is 4.68 Å². The average molecular weight is 357 g/mol. The highest BCUT2D eigenvalue weighted by Crippen LogP contribution is 2.31. The number of rotatable bonds is 3. The number of aromatic hydroxyl groups is 1. The lowest BCUT2D eigenvalue weighted by atomic mass is 10.1. The molecule has 0 radical (unpaired) electrons. The van der Waals surface area contributed by atoms with Crippen molar-refractivity contribution in [3.05, 3.63) is 29.5 Å². The Hall–Kier alpha value is -2.12. The molecule has 3 aromatic rings. The molecule has 2 aromatic heterocycles. The number of phenolic OH excluding ortho intramolecular Hbond substituents is 1. The Balaban J connectivity index is 1.60. The van der Waals surface area contributed by atoms with Gasteiger partial charge in [0.1, 0.15) is 11.4 Å². The van der Waals surface area contributed by atoms with Crippen molar-refractivity contribution in [2.24, 2.45) is 0 Å². The highest BCUT2D eigenvalue weighted by atomic mass is 32.1. The van der Waals surface area contributed by atoms with Gasteiger partial charge in [0.2, 0.25) is 0 Å². The van der Waals surface area contributed by atoms with Gasteiger partial charge in [-0.3, -0.25) is 0 Å². The number of hydrogen-bond donors (Lipinski definition) is 2. The average Bonchev–Trinajstić information content (AvgIpc) is 3.04. The van der Waals surface area contributed by atoms with Gasteiger partial charge >= 0.3 is 0 Å². The van der Waals surface area contributed by atoms with E-state index in [1.54, 1.807) is 22.1 Å². The summed E-state index contributed by atoms with van der Waals surface area (Å²) in [6, 6.07) is 4.26. The smallest absolute Gasteiger partial charge is 0.194 e. The van der Waals surface area contributed by atoms with Crippen molar-refractivity contribution in [1.29, 1.82) is 0 Å². The number of fused-ring (bicyclic) bond motifs is 1. The summed E-state index contributed by atoms with van der Waals surface area (Å²) in [5.41, 5.74) is 3.47. The number of piperidine rings is 1. The molecule has 25 heavy (non-hydrogen) atoms. The molecule has 3 heterocycles. The van der Waals surface area contributed by atoms with Gasteiger partial charge < -0.3 is 15.3 Å². The molecule has 2 N–H and O–H groups in total. The fraction of sp³-hybridized carbons (Fsp3) is 0.444. The fourth-order valence-corrected chi connectivity index (χ4v) is 4.49. The summed E-state index contributed by atoms with van der Waals surface area (Å²) in [5.74, 6) is 0.247. The largest absolute Gasteiger partial charge is 0.506 e. The summed E-state index contributed by atoms with van der Waals surface area (Å²) in [6.45, 7) is 6.18. The predicted octanol–water partition coefficient (Wildman–Crippen LogP) is 3.31. The minimum atomic E-state index is 0.247. The normalized spacial score (nSPS) is 18.8. The molecule has 0 spiro atoms. The molecule has 4 rings (SSSR count). The van der Waals surface area contributed by atoms with Crippen molar-refractivity contribution in [3.63, 3.8) is 0 Å². The molecule has 1 aliphatic heterocycles. The van der Waals surface area contributed by atoms with Crippen molar-refractivity contribution in [3.8, 4) is 11.4 Å². The van der Waals surface area contributed by atoms with E-state index in [0.29, 0.717) is 6.04 Å². The van der Waals surface area contributed by atoms with E-state index in [0.717, 1.165) is 38.8 Å². The number of likely N-dealkylation sites (tertiary alicyclic amines) is 1. The number of hydrogen-bond acceptors (Lipinski definition) is 6. The number of anilines is 1. The van der Waals surface area contributed by atoms with Gasteiger partial charge in [0.15, 0.2) is 10.8 Å². The van der Waals surface area contributed by atoms with Crippen LogP contribution in [0, 0.1) is 13.8 Å². The third kappa shape index (κ3) is 3.21. The van der Waals surface area contributed by atoms with Crippen molar-refractivity contribution in [2.75, 3.05) is 25.5 Å². The summed E-state index contributed by atoms with van der Waals surface area (Å²) < 4.78 is 2.75. The lowest BCUT2D eigenvalue weighted by Crippen LogP contribution is -2.39.